The lowest BCUT2D eigenvalue weighted by Gasteiger charge is -1.97. The molecule has 0 aromatic carbocycles. The highest BCUT2D eigenvalue weighted by atomic mass is 35.5. The Morgan fingerprint density at radius 1 is 1.73 bits per heavy atom. The second kappa shape index (κ2) is 4.68. The Morgan fingerprint density at radius 2 is 2.27 bits per heavy atom. The number of rotatable bonds is 3. The Hall–Kier alpha value is -1.09. The normalized spacial score (nSPS) is 10.5. The average molecular weight is 173 g/mol. The van der Waals surface area contributed by atoms with Gasteiger partial charge in [0.1, 0.15) is 5.70 Å². The zero-order chi connectivity index (χ0) is 8.85. The number of likely N-dealkylation sites (N-methyl/N-ethyl adjacent to an activating group) is 1. The number of carbonyl (C=O) groups excluding carboxylic acids is 1. The summed E-state index contributed by atoms with van der Waals surface area (Å²) in [6.07, 6.45) is 1.34. The first-order valence-corrected chi connectivity index (χ1v) is 3.24. The van der Waals surface area contributed by atoms with Crippen LogP contribution in [0.1, 0.15) is 0 Å². The molecule has 4 heteroatoms. The van der Waals surface area contributed by atoms with Crippen molar-refractivity contribution in [2.24, 2.45) is 4.99 Å². The lowest BCUT2D eigenvalue weighted by atomic mass is 10.4. The predicted molar refractivity (Wildman–Crippen MR) is 46.7 cm³/mol. The summed E-state index contributed by atoms with van der Waals surface area (Å²) in [7, 11) is 1.50. The van der Waals surface area contributed by atoms with Gasteiger partial charge in [-0.1, -0.05) is 18.2 Å². The number of aliphatic imine (C=N–C) groups is 1. The zero-order valence-corrected chi connectivity index (χ0v) is 6.98. The minimum absolute atomic E-state index is 0.160. The first-order valence-electron chi connectivity index (χ1n) is 2.86. The third-order valence-electron chi connectivity index (χ3n) is 0.923. The van der Waals surface area contributed by atoms with E-state index in [2.05, 4.69) is 23.6 Å². The van der Waals surface area contributed by atoms with Crippen LogP contribution in [0.2, 0.25) is 0 Å². The van der Waals surface area contributed by atoms with Crippen molar-refractivity contribution < 1.29 is 4.79 Å². The molecule has 0 aliphatic rings. The van der Waals surface area contributed by atoms with Crippen molar-refractivity contribution in [3.63, 3.8) is 0 Å². The summed E-state index contributed by atoms with van der Waals surface area (Å²) in [6.45, 7) is 6.59. The second-order valence-electron chi connectivity index (χ2n) is 1.71. The van der Waals surface area contributed by atoms with Gasteiger partial charge in [-0.25, -0.2) is 0 Å². The maximum absolute atomic E-state index is 10.9. The van der Waals surface area contributed by atoms with Gasteiger partial charge in [-0.05, 0) is 12.8 Å². The van der Waals surface area contributed by atoms with E-state index in [0.717, 1.165) is 0 Å². The Bertz CT molecular complexity index is 220. The summed E-state index contributed by atoms with van der Waals surface area (Å²) < 4.78 is 0. The van der Waals surface area contributed by atoms with Crippen LogP contribution in [0.4, 0.5) is 0 Å². The van der Waals surface area contributed by atoms with Crippen LogP contribution >= 0.6 is 11.6 Å². The van der Waals surface area contributed by atoms with E-state index in [4.69, 9.17) is 11.6 Å². The number of amides is 1. The molecule has 0 radical (unpaired) electrons. The molecule has 0 spiro atoms. The molecule has 0 aliphatic carbocycles. The number of nitrogens with zero attached hydrogens (tertiary/aromatic N) is 1. The van der Waals surface area contributed by atoms with Crippen LogP contribution in [0.3, 0.4) is 0 Å². The molecule has 0 fully saturated rings. The Morgan fingerprint density at radius 3 is 2.55 bits per heavy atom. The fourth-order valence-electron chi connectivity index (χ4n) is 0.459. The first-order chi connectivity index (χ1) is 5.11. The van der Waals surface area contributed by atoms with Gasteiger partial charge in [0.15, 0.2) is 0 Å². The standard InChI is InChI=1S/C7H9ClN2O/c1-5(8)4-6(9-2)7(11)10-3/h4H,1-2H2,3H3,(H,10,11)/b6-4-. The number of hydrogen-bond acceptors (Lipinski definition) is 2. The summed E-state index contributed by atoms with van der Waals surface area (Å²) in [5, 5.41) is 2.63. The quantitative estimate of drug-likeness (QED) is 0.386. The molecule has 0 aliphatic heterocycles. The van der Waals surface area contributed by atoms with Crippen LogP contribution in [0.25, 0.3) is 0 Å². The molecule has 0 aromatic rings. The summed E-state index contributed by atoms with van der Waals surface area (Å²) in [4.78, 5) is 14.3. The van der Waals surface area contributed by atoms with E-state index in [1.807, 2.05) is 0 Å². The van der Waals surface area contributed by atoms with Crippen LogP contribution in [-0.2, 0) is 4.79 Å². The van der Waals surface area contributed by atoms with Crippen molar-refractivity contribution in [3.8, 4) is 0 Å². The Balaban J connectivity index is 4.52. The van der Waals surface area contributed by atoms with E-state index in [9.17, 15) is 4.79 Å². The van der Waals surface area contributed by atoms with Crippen molar-refractivity contribution in [2.75, 3.05) is 7.05 Å². The number of carbonyl (C=O) groups is 1. The van der Waals surface area contributed by atoms with Crippen molar-refractivity contribution in [1.29, 1.82) is 0 Å². The third kappa shape index (κ3) is 3.57. The van der Waals surface area contributed by atoms with E-state index < -0.39 is 0 Å². The van der Waals surface area contributed by atoms with E-state index in [1.165, 1.54) is 13.1 Å². The summed E-state index contributed by atoms with van der Waals surface area (Å²) in [5.74, 6) is -0.332. The zero-order valence-electron chi connectivity index (χ0n) is 6.22. The van der Waals surface area contributed by atoms with Gasteiger partial charge in [0, 0.05) is 12.1 Å². The van der Waals surface area contributed by atoms with Crippen LogP contribution in [0.5, 0.6) is 0 Å². The molecular weight excluding hydrogens is 164 g/mol. The van der Waals surface area contributed by atoms with Crippen molar-refractivity contribution in [3.05, 3.63) is 23.4 Å². The van der Waals surface area contributed by atoms with Crippen molar-refractivity contribution in [1.82, 2.24) is 5.32 Å². The number of allylic oxidation sites excluding steroid dienone is 2. The molecule has 11 heavy (non-hydrogen) atoms. The predicted octanol–water partition coefficient (Wildman–Crippen LogP) is 1.07. The first kappa shape index (κ1) is 9.91. The highest BCUT2D eigenvalue weighted by Crippen LogP contribution is 2.04. The fourth-order valence-corrected chi connectivity index (χ4v) is 0.563. The Labute approximate surface area is 70.5 Å². The highest BCUT2D eigenvalue weighted by Gasteiger charge is 2.03. The lowest BCUT2D eigenvalue weighted by molar-refractivity contribution is -0.117. The molecule has 0 aromatic heterocycles. The molecule has 0 atom stereocenters. The minimum Gasteiger partial charge on any atom is -0.354 e. The molecule has 0 saturated heterocycles. The molecule has 0 unspecified atom stereocenters. The van der Waals surface area contributed by atoms with Gasteiger partial charge in [0.2, 0.25) is 0 Å². The minimum atomic E-state index is -0.332. The maximum Gasteiger partial charge on any atom is 0.269 e. The van der Waals surface area contributed by atoms with Crippen molar-refractivity contribution in [2.45, 2.75) is 0 Å². The second-order valence-corrected chi connectivity index (χ2v) is 2.20. The monoisotopic (exact) mass is 172 g/mol. The molecular formula is C7H9ClN2O. The Kier molecular flexibility index (Phi) is 4.22. The molecule has 0 rings (SSSR count). The fraction of sp³-hybridized carbons (Fsp3) is 0.143. The number of halogens is 1. The largest absolute Gasteiger partial charge is 0.354 e. The van der Waals surface area contributed by atoms with Gasteiger partial charge in [-0.15, -0.1) is 0 Å². The highest BCUT2D eigenvalue weighted by molar-refractivity contribution is 6.31. The third-order valence-corrected chi connectivity index (χ3v) is 1.03. The van der Waals surface area contributed by atoms with Gasteiger partial charge in [-0.2, -0.15) is 0 Å². The number of nitrogens with one attached hydrogen (secondary N) is 1. The summed E-state index contributed by atoms with van der Waals surface area (Å²) >= 11 is 5.41. The molecule has 60 valence electrons. The molecule has 0 heterocycles. The molecule has 3 nitrogen and oxygen atoms in total. The van der Waals surface area contributed by atoms with Gasteiger partial charge in [-0.3, -0.25) is 9.79 Å². The average Bonchev–Trinajstić information content (AvgIpc) is 1.98. The SMILES string of the molecule is C=N/C(=C\C(=C)Cl)C(=O)NC. The molecule has 1 N–H and O–H groups in total. The number of hydrogen-bond donors (Lipinski definition) is 1. The lowest BCUT2D eigenvalue weighted by Crippen LogP contribution is -2.18. The van der Waals surface area contributed by atoms with Crippen LogP contribution in [0.15, 0.2) is 28.4 Å². The van der Waals surface area contributed by atoms with Gasteiger partial charge in [0.05, 0.1) is 0 Å². The van der Waals surface area contributed by atoms with E-state index in [-0.39, 0.29) is 16.6 Å². The maximum atomic E-state index is 10.9. The van der Waals surface area contributed by atoms with Crippen molar-refractivity contribution >= 4 is 24.2 Å². The van der Waals surface area contributed by atoms with Gasteiger partial charge >= 0.3 is 0 Å². The van der Waals surface area contributed by atoms with E-state index in [1.54, 1.807) is 0 Å². The van der Waals surface area contributed by atoms with Gasteiger partial charge in [0.25, 0.3) is 5.91 Å². The summed E-state index contributed by atoms with van der Waals surface area (Å²) in [5.41, 5.74) is 0.160. The van der Waals surface area contributed by atoms with Crippen LogP contribution in [0, 0.1) is 0 Å². The van der Waals surface area contributed by atoms with E-state index in [0.29, 0.717) is 0 Å². The summed E-state index contributed by atoms with van der Waals surface area (Å²) in [6, 6.07) is 0. The topological polar surface area (TPSA) is 41.5 Å². The van der Waals surface area contributed by atoms with Gasteiger partial charge < -0.3 is 5.32 Å². The van der Waals surface area contributed by atoms with Crippen LogP contribution in [-0.4, -0.2) is 19.7 Å². The van der Waals surface area contributed by atoms with E-state index >= 15 is 0 Å². The van der Waals surface area contributed by atoms with Crippen LogP contribution < -0.4 is 5.32 Å². The molecule has 0 saturated carbocycles. The molecule has 1 amide bonds. The smallest absolute Gasteiger partial charge is 0.269 e. The molecule has 0 bridgehead atoms.